The molecule has 4 heteroatoms. The molecule has 2 N–H and O–H groups in total. The van der Waals surface area contributed by atoms with E-state index in [4.69, 9.17) is 22.9 Å². The van der Waals surface area contributed by atoms with Crippen LogP contribution >= 0.6 is 12.2 Å². The van der Waals surface area contributed by atoms with Crippen LogP contribution in [0.5, 0.6) is 0 Å². The van der Waals surface area contributed by atoms with Crippen LogP contribution in [-0.4, -0.2) is 34.4 Å². The molecule has 2 aliphatic rings. The Morgan fingerprint density at radius 1 is 1.15 bits per heavy atom. The van der Waals surface area contributed by atoms with Crippen LogP contribution in [0.4, 0.5) is 0 Å². The van der Waals surface area contributed by atoms with Gasteiger partial charge < -0.3 is 10.6 Å². The van der Waals surface area contributed by atoms with Gasteiger partial charge in [-0.1, -0.05) is 49.0 Å². The second-order valence-corrected chi connectivity index (χ2v) is 6.00. The van der Waals surface area contributed by atoms with Gasteiger partial charge in [0.25, 0.3) is 0 Å². The SMILES string of the molecule is NCCN1C(=S)C(c2ccccc2)=NC12CCCCC2. The second-order valence-electron chi connectivity index (χ2n) is 5.62. The molecule has 1 aliphatic heterocycles. The highest BCUT2D eigenvalue weighted by Crippen LogP contribution is 2.39. The minimum atomic E-state index is -0.111. The fourth-order valence-corrected chi connectivity index (χ4v) is 3.78. The third-order valence-corrected chi connectivity index (χ3v) is 4.74. The summed E-state index contributed by atoms with van der Waals surface area (Å²) in [6.45, 7) is 1.43. The van der Waals surface area contributed by atoms with Gasteiger partial charge in [-0.2, -0.15) is 0 Å². The normalized spacial score (nSPS) is 21.4. The Morgan fingerprint density at radius 2 is 1.85 bits per heavy atom. The summed E-state index contributed by atoms with van der Waals surface area (Å²) in [6.07, 6.45) is 5.97. The summed E-state index contributed by atoms with van der Waals surface area (Å²) in [7, 11) is 0. The second kappa shape index (κ2) is 5.62. The molecule has 1 aromatic rings. The lowest BCUT2D eigenvalue weighted by Crippen LogP contribution is -2.49. The van der Waals surface area contributed by atoms with Gasteiger partial charge in [-0.25, -0.2) is 0 Å². The zero-order valence-electron chi connectivity index (χ0n) is 11.7. The largest absolute Gasteiger partial charge is 0.335 e. The van der Waals surface area contributed by atoms with E-state index in [2.05, 4.69) is 17.0 Å². The van der Waals surface area contributed by atoms with Gasteiger partial charge in [-0.3, -0.25) is 4.99 Å². The molecule has 0 saturated heterocycles. The Hall–Kier alpha value is -1.26. The average Bonchev–Trinajstić information content (AvgIpc) is 2.75. The highest BCUT2D eigenvalue weighted by molar-refractivity contribution is 7.82. The van der Waals surface area contributed by atoms with Crippen LogP contribution in [0.25, 0.3) is 0 Å². The maximum absolute atomic E-state index is 5.79. The van der Waals surface area contributed by atoms with Gasteiger partial charge in [0.15, 0.2) is 0 Å². The Morgan fingerprint density at radius 3 is 2.50 bits per heavy atom. The summed E-state index contributed by atoms with van der Waals surface area (Å²) in [5.41, 5.74) is 7.79. The average molecular weight is 287 g/mol. The summed E-state index contributed by atoms with van der Waals surface area (Å²) >= 11 is 5.70. The molecule has 1 spiro atoms. The highest BCUT2D eigenvalue weighted by atomic mass is 32.1. The van der Waals surface area contributed by atoms with Gasteiger partial charge in [-0.15, -0.1) is 0 Å². The smallest absolute Gasteiger partial charge is 0.133 e. The van der Waals surface area contributed by atoms with E-state index in [-0.39, 0.29) is 5.66 Å². The molecule has 1 saturated carbocycles. The van der Waals surface area contributed by atoms with Crippen LogP contribution in [0.15, 0.2) is 35.3 Å². The van der Waals surface area contributed by atoms with Crippen molar-refractivity contribution >= 4 is 22.9 Å². The van der Waals surface area contributed by atoms with Crippen molar-refractivity contribution in [2.75, 3.05) is 13.1 Å². The Kier molecular flexibility index (Phi) is 3.85. The van der Waals surface area contributed by atoms with Gasteiger partial charge >= 0.3 is 0 Å². The van der Waals surface area contributed by atoms with Crippen molar-refractivity contribution in [2.24, 2.45) is 10.7 Å². The van der Waals surface area contributed by atoms with Crippen molar-refractivity contribution in [3.05, 3.63) is 35.9 Å². The van der Waals surface area contributed by atoms with Crippen LogP contribution < -0.4 is 5.73 Å². The minimum absolute atomic E-state index is 0.111. The Balaban J connectivity index is 1.99. The third-order valence-electron chi connectivity index (χ3n) is 4.32. The molecular formula is C16H21N3S. The topological polar surface area (TPSA) is 41.6 Å². The summed E-state index contributed by atoms with van der Waals surface area (Å²) in [5, 5.41) is 0. The molecule has 106 valence electrons. The molecule has 0 radical (unpaired) electrons. The van der Waals surface area contributed by atoms with E-state index in [1.54, 1.807) is 0 Å². The van der Waals surface area contributed by atoms with E-state index in [0.717, 1.165) is 35.7 Å². The zero-order valence-corrected chi connectivity index (χ0v) is 12.5. The van der Waals surface area contributed by atoms with Crippen molar-refractivity contribution in [1.29, 1.82) is 0 Å². The van der Waals surface area contributed by atoms with Crippen LogP contribution in [0.1, 0.15) is 37.7 Å². The van der Waals surface area contributed by atoms with E-state index < -0.39 is 0 Å². The van der Waals surface area contributed by atoms with Crippen LogP contribution in [0, 0.1) is 0 Å². The molecule has 0 aromatic heterocycles. The number of hydrogen-bond acceptors (Lipinski definition) is 3. The maximum atomic E-state index is 5.79. The monoisotopic (exact) mass is 287 g/mol. The number of aliphatic imine (C=N–C) groups is 1. The highest BCUT2D eigenvalue weighted by Gasteiger charge is 2.44. The molecule has 3 nitrogen and oxygen atoms in total. The van der Waals surface area contributed by atoms with Crippen LogP contribution in [0.2, 0.25) is 0 Å². The quantitative estimate of drug-likeness (QED) is 0.869. The molecule has 1 aliphatic carbocycles. The number of hydrogen-bond donors (Lipinski definition) is 1. The predicted molar refractivity (Wildman–Crippen MR) is 87.2 cm³/mol. The van der Waals surface area contributed by atoms with Gasteiger partial charge in [-0.05, 0) is 25.7 Å². The molecule has 0 atom stereocenters. The Bertz CT molecular complexity index is 518. The number of thiocarbonyl (C=S) groups is 1. The lowest BCUT2D eigenvalue weighted by molar-refractivity contribution is 0.142. The van der Waals surface area contributed by atoms with E-state index in [1.165, 1.54) is 19.3 Å². The fourth-order valence-electron chi connectivity index (χ4n) is 3.36. The molecule has 0 amide bonds. The number of nitrogens with zero attached hydrogens (tertiary/aromatic N) is 2. The van der Waals surface area contributed by atoms with Crippen molar-refractivity contribution in [3.8, 4) is 0 Å². The Labute approximate surface area is 125 Å². The molecule has 0 bridgehead atoms. The first kappa shape index (κ1) is 13.7. The van der Waals surface area contributed by atoms with Crippen LogP contribution in [-0.2, 0) is 0 Å². The number of rotatable bonds is 3. The summed E-state index contributed by atoms with van der Waals surface area (Å²) in [5.74, 6) is 0. The molecule has 1 heterocycles. The first-order valence-corrected chi connectivity index (χ1v) is 7.85. The van der Waals surface area contributed by atoms with E-state index >= 15 is 0 Å². The van der Waals surface area contributed by atoms with E-state index in [1.807, 2.05) is 18.2 Å². The van der Waals surface area contributed by atoms with E-state index in [0.29, 0.717) is 6.54 Å². The molecule has 3 rings (SSSR count). The van der Waals surface area contributed by atoms with Gasteiger partial charge in [0.2, 0.25) is 0 Å². The molecule has 0 unspecified atom stereocenters. The summed E-state index contributed by atoms with van der Waals surface area (Å²) in [4.78, 5) is 8.24. The molecule has 1 aromatic carbocycles. The number of benzene rings is 1. The molecule has 20 heavy (non-hydrogen) atoms. The standard InChI is InChI=1S/C16H21N3S/c17-11-12-19-15(20)14(13-7-3-1-4-8-13)18-16(19)9-5-2-6-10-16/h1,3-4,7-8H,2,5-6,9-12,17H2. The summed E-state index contributed by atoms with van der Waals surface area (Å²) < 4.78 is 0. The van der Waals surface area contributed by atoms with Crippen molar-refractivity contribution in [1.82, 2.24) is 4.90 Å². The van der Waals surface area contributed by atoms with E-state index in [9.17, 15) is 0 Å². The zero-order chi connectivity index (χ0) is 14.0. The first-order chi connectivity index (χ1) is 9.77. The maximum Gasteiger partial charge on any atom is 0.133 e. The first-order valence-electron chi connectivity index (χ1n) is 7.44. The fraction of sp³-hybridized carbons (Fsp3) is 0.500. The van der Waals surface area contributed by atoms with Gasteiger partial charge in [0.05, 0.1) is 0 Å². The van der Waals surface area contributed by atoms with Crippen molar-refractivity contribution in [2.45, 2.75) is 37.8 Å². The number of nitrogens with two attached hydrogens (primary N) is 1. The summed E-state index contributed by atoms with van der Waals surface area (Å²) in [6, 6.07) is 10.3. The lowest BCUT2D eigenvalue weighted by Gasteiger charge is -2.40. The minimum Gasteiger partial charge on any atom is -0.335 e. The van der Waals surface area contributed by atoms with Crippen molar-refractivity contribution < 1.29 is 0 Å². The predicted octanol–water partition coefficient (Wildman–Crippen LogP) is 2.74. The third kappa shape index (κ3) is 2.27. The lowest BCUT2D eigenvalue weighted by atomic mass is 9.88. The van der Waals surface area contributed by atoms with Crippen LogP contribution in [0.3, 0.4) is 0 Å². The molecular weight excluding hydrogens is 266 g/mol. The molecule has 1 fully saturated rings. The van der Waals surface area contributed by atoms with Crippen molar-refractivity contribution in [3.63, 3.8) is 0 Å². The van der Waals surface area contributed by atoms with Gasteiger partial charge in [0, 0.05) is 18.7 Å². The van der Waals surface area contributed by atoms with Gasteiger partial charge in [0.1, 0.15) is 16.4 Å².